The van der Waals surface area contributed by atoms with Crippen LogP contribution in [0.5, 0.6) is 0 Å². The van der Waals surface area contributed by atoms with E-state index in [-0.39, 0.29) is 27.1 Å². The second-order valence-corrected chi connectivity index (χ2v) is 17.0. The second kappa shape index (κ2) is 17.1. The molecule has 0 amide bonds. The lowest BCUT2D eigenvalue weighted by atomic mass is 9.95. The minimum atomic E-state index is 0.00694. The molecule has 5 rings (SSSR count). The van der Waals surface area contributed by atoms with Crippen LogP contribution in [0.1, 0.15) is 121 Å². The van der Waals surface area contributed by atoms with Crippen LogP contribution >= 0.6 is 23.3 Å². The molecule has 5 heterocycles. The third kappa shape index (κ3) is 16.2. The molecule has 0 spiro atoms. The maximum Gasteiger partial charge on any atom is 0.179 e. The Labute approximate surface area is 277 Å². The second-order valence-electron chi connectivity index (χ2n) is 15.3. The normalized spacial score (nSPS) is 14.8. The highest BCUT2D eigenvalue weighted by molar-refractivity contribution is 7.98. The van der Waals surface area contributed by atoms with Crippen molar-refractivity contribution in [3.05, 3.63) is 28.2 Å². The number of rotatable bonds is 0. The molecule has 3 aromatic rings. The molecule has 0 bridgehead atoms. The van der Waals surface area contributed by atoms with Crippen molar-refractivity contribution < 1.29 is 4.84 Å². The number of hydrogen-bond donors (Lipinski definition) is 4. The van der Waals surface area contributed by atoms with Crippen molar-refractivity contribution in [2.75, 3.05) is 12.6 Å². The lowest BCUT2D eigenvalue weighted by Gasteiger charge is -2.17. The SMILES string of the molecule is CC(C)(C)C1=NCON1.CC(C)(C)C1=NCSN1.CC(C)(C)c1nccs1.CC(C)(C)c1nn[nH]n1.CC(C)(C)c1nn[nH]n1. The van der Waals surface area contributed by atoms with Gasteiger partial charge in [-0.1, -0.05) is 114 Å². The summed E-state index contributed by atoms with van der Waals surface area (Å²) < 4.78 is 3.16. The highest BCUT2D eigenvalue weighted by Gasteiger charge is 2.22. The van der Waals surface area contributed by atoms with Crippen molar-refractivity contribution in [2.45, 2.75) is 120 Å². The number of aromatic amines is 2. The number of nitrogens with one attached hydrogen (secondary N) is 4. The first-order chi connectivity index (χ1) is 20.5. The summed E-state index contributed by atoms with van der Waals surface area (Å²) in [6.07, 6.45) is 1.85. The Hall–Kier alpha value is -2.98. The fourth-order valence-corrected chi connectivity index (χ4v) is 4.28. The van der Waals surface area contributed by atoms with E-state index >= 15 is 0 Å². The minimum absolute atomic E-state index is 0.00694. The quantitative estimate of drug-likeness (QED) is 0.207. The number of amidine groups is 2. The molecular weight excluding hydrogens is 611 g/mol. The first-order valence-electron chi connectivity index (χ1n) is 14.8. The smallest absolute Gasteiger partial charge is 0.179 e. The first-order valence-corrected chi connectivity index (χ1v) is 16.6. The summed E-state index contributed by atoms with van der Waals surface area (Å²) in [7, 11) is 0. The zero-order valence-corrected chi connectivity index (χ0v) is 31.5. The van der Waals surface area contributed by atoms with Gasteiger partial charge in [-0.2, -0.15) is 10.4 Å². The van der Waals surface area contributed by atoms with E-state index in [0.717, 1.165) is 29.2 Å². The van der Waals surface area contributed by atoms with Gasteiger partial charge in [-0.05, 0) is 11.9 Å². The van der Waals surface area contributed by atoms with Gasteiger partial charge in [0.15, 0.2) is 18.4 Å². The van der Waals surface area contributed by atoms with Gasteiger partial charge in [-0.15, -0.1) is 31.7 Å². The number of thiazole rings is 1. The predicted octanol–water partition coefficient (Wildman–Crippen LogP) is 6.00. The number of nitrogens with zero attached hydrogens (tertiary/aromatic N) is 9. The van der Waals surface area contributed by atoms with Gasteiger partial charge in [-0.25, -0.2) is 9.98 Å². The van der Waals surface area contributed by atoms with Gasteiger partial charge in [0.1, 0.15) is 17.5 Å². The zero-order valence-electron chi connectivity index (χ0n) is 29.8. The number of H-pyrrole nitrogens is 2. The Morgan fingerprint density at radius 2 is 1.16 bits per heavy atom. The summed E-state index contributed by atoms with van der Waals surface area (Å²) in [5, 5.41) is 30.3. The molecule has 0 saturated carbocycles. The standard InChI is InChI=1S/C7H11NS.C6H12N2O.C6H12N2S.2C5H10N4/c1-7(2,3)6-8-4-5-9-6;2*1-6(2,3)5-7-4-9-8-5;2*1-5(2,3)4-6-8-9-7-4/h4-5H,1-3H3;2*4H2,1-3H3,(H,7,8);2*1-3H3,(H,6,7,8,9). The maximum absolute atomic E-state index is 4.83. The van der Waals surface area contributed by atoms with Crippen molar-refractivity contribution in [3.8, 4) is 0 Å². The summed E-state index contributed by atoms with van der Waals surface area (Å²) in [6.45, 7) is 32.0. The van der Waals surface area contributed by atoms with E-state index in [0.29, 0.717) is 6.73 Å². The van der Waals surface area contributed by atoms with Gasteiger partial charge < -0.3 is 4.72 Å². The molecule has 0 saturated heterocycles. The number of tetrazole rings is 2. The van der Waals surface area contributed by atoms with Crippen molar-refractivity contribution in [1.82, 2.24) is 56.4 Å². The molecular formula is C29H55N13OS2. The van der Waals surface area contributed by atoms with E-state index in [1.54, 1.807) is 23.3 Å². The lowest BCUT2D eigenvalue weighted by molar-refractivity contribution is 0.111. The van der Waals surface area contributed by atoms with Crippen LogP contribution in [-0.2, 0) is 21.1 Å². The fourth-order valence-electron chi connectivity index (χ4n) is 2.79. The molecule has 4 N–H and O–H groups in total. The molecule has 0 fully saturated rings. The average Bonchev–Trinajstić information content (AvgIpc) is 3.75. The topological polar surface area (TPSA) is 180 Å². The van der Waals surface area contributed by atoms with Gasteiger partial charge in [-0.3, -0.25) is 15.3 Å². The maximum atomic E-state index is 4.83. The van der Waals surface area contributed by atoms with Crippen molar-refractivity contribution in [1.29, 1.82) is 0 Å². The Kier molecular flexibility index (Phi) is 15.2. The van der Waals surface area contributed by atoms with Crippen LogP contribution in [0.15, 0.2) is 21.6 Å². The monoisotopic (exact) mass is 665 g/mol. The van der Waals surface area contributed by atoms with Crippen LogP contribution < -0.4 is 10.2 Å². The van der Waals surface area contributed by atoms with Gasteiger partial charge in [0.05, 0.1) is 5.01 Å². The molecule has 3 aromatic heterocycles. The number of hydrogen-bond acceptors (Lipinski definition) is 14. The summed E-state index contributed by atoms with van der Waals surface area (Å²) >= 11 is 3.37. The van der Waals surface area contributed by atoms with E-state index in [4.69, 9.17) is 4.84 Å². The zero-order chi connectivity index (χ0) is 34.5. The molecule has 0 atom stereocenters. The molecule has 45 heavy (non-hydrogen) atoms. The van der Waals surface area contributed by atoms with E-state index < -0.39 is 0 Å². The Balaban J connectivity index is 0.000000281. The fraction of sp³-hybridized carbons (Fsp3) is 0.759. The van der Waals surface area contributed by atoms with E-state index in [1.165, 1.54) is 5.01 Å². The molecule has 254 valence electrons. The predicted molar refractivity (Wildman–Crippen MR) is 185 cm³/mol. The summed E-state index contributed by atoms with van der Waals surface area (Å²) in [5.74, 6) is 4.42. The third-order valence-electron chi connectivity index (χ3n) is 5.44. The van der Waals surface area contributed by atoms with Crippen LogP contribution in [0, 0.1) is 10.8 Å². The van der Waals surface area contributed by atoms with Crippen LogP contribution in [0.3, 0.4) is 0 Å². The molecule has 2 aliphatic rings. The number of aliphatic imine (C=N–C) groups is 2. The number of aromatic nitrogens is 9. The van der Waals surface area contributed by atoms with Crippen LogP contribution in [0.4, 0.5) is 0 Å². The van der Waals surface area contributed by atoms with Gasteiger partial charge >= 0.3 is 0 Å². The van der Waals surface area contributed by atoms with E-state index in [1.807, 2.05) is 53.1 Å². The molecule has 2 aliphatic heterocycles. The minimum Gasteiger partial charge on any atom is -0.316 e. The largest absolute Gasteiger partial charge is 0.316 e. The Morgan fingerprint density at radius 1 is 0.644 bits per heavy atom. The molecule has 0 unspecified atom stereocenters. The highest BCUT2D eigenvalue weighted by Crippen LogP contribution is 2.23. The van der Waals surface area contributed by atoms with Crippen LogP contribution in [0.2, 0.25) is 0 Å². The molecule has 16 heteroatoms. The molecule has 0 radical (unpaired) electrons. The van der Waals surface area contributed by atoms with Gasteiger partial charge in [0.2, 0.25) is 0 Å². The third-order valence-corrected chi connectivity index (χ3v) is 7.23. The Bertz CT molecular complexity index is 1110. The van der Waals surface area contributed by atoms with Gasteiger partial charge in [0.25, 0.3) is 0 Å². The van der Waals surface area contributed by atoms with Crippen LogP contribution in [0.25, 0.3) is 0 Å². The Morgan fingerprint density at radius 3 is 1.33 bits per heavy atom. The van der Waals surface area contributed by atoms with Crippen molar-refractivity contribution >= 4 is 35.0 Å². The average molecular weight is 666 g/mol. The summed E-state index contributed by atoms with van der Waals surface area (Å²) in [6, 6.07) is 0. The van der Waals surface area contributed by atoms with Gasteiger partial charge in [0, 0.05) is 38.7 Å². The molecule has 0 aliphatic carbocycles. The van der Waals surface area contributed by atoms with E-state index in [9.17, 15) is 0 Å². The molecule has 0 aromatic carbocycles. The summed E-state index contributed by atoms with van der Waals surface area (Å²) in [4.78, 5) is 17.4. The van der Waals surface area contributed by atoms with Crippen molar-refractivity contribution in [2.24, 2.45) is 20.8 Å². The highest BCUT2D eigenvalue weighted by atomic mass is 32.2. The van der Waals surface area contributed by atoms with Crippen LogP contribution in [-0.4, -0.2) is 70.5 Å². The molecule has 14 nitrogen and oxygen atoms in total. The van der Waals surface area contributed by atoms with Crippen molar-refractivity contribution in [3.63, 3.8) is 0 Å². The first kappa shape index (κ1) is 40.0. The van der Waals surface area contributed by atoms with E-state index in [2.05, 4.69) is 129 Å². The lowest BCUT2D eigenvalue weighted by Crippen LogP contribution is -2.30. The number of hydroxylamine groups is 1. The summed E-state index contributed by atoms with van der Waals surface area (Å²) in [5.41, 5.74) is 3.28.